The number of β-amino-alcohol motifs (C(OH)–C–C–N with tert-alkyl or cyclic N) is 1. The number of aliphatic hydroxyl groups is 1. The molecule has 1 aliphatic rings. The van der Waals surface area contributed by atoms with Crippen LogP contribution in [0.4, 0.5) is 5.82 Å². The number of rotatable bonds is 2. The fraction of sp³-hybridized carbons (Fsp3) is 0.400. The maximum atomic E-state index is 11.0. The number of carboxylic acid groups (broad SMARTS) is 1. The van der Waals surface area contributed by atoms with E-state index in [-0.39, 0.29) is 13.0 Å². The van der Waals surface area contributed by atoms with Gasteiger partial charge >= 0.3 is 5.97 Å². The molecule has 5 nitrogen and oxygen atoms in total. The summed E-state index contributed by atoms with van der Waals surface area (Å²) < 4.78 is 0. The highest BCUT2D eigenvalue weighted by atomic mass is 35.5. The molecule has 1 aromatic heterocycles. The molecule has 1 aliphatic heterocycles. The van der Waals surface area contributed by atoms with Crippen LogP contribution >= 0.6 is 11.6 Å². The number of anilines is 1. The monoisotopic (exact) mass is 242 g/mol. The third kappa shape index (κ3) is 2.10. The summed E-state index contributed by atoms with van der Waals surface area (Å²) in [4.78, 5) is 16.6. The lowest BCUT2D eigenvalue weighted by atomic mass is 10.2. The predicted molar refractivity (Wildman–Crippen MR) is 58.6 cm³/mol. The Morgan fingerprint density at radius 2 is 2.31 bits per heavy atom. The number of pyridine rings is 1. The lowest BCUT2D eigenvalue weighted by Crippen LogP contribution is -2.36. The van der Waals surface area contributed by atoms with Gasteiger partial charge in [0.15, 0.2) is 0 Å². The highest BCUT2D eigenvalue weighted by Gasteiger charge is 2.36. The van der Waals surface area contributed by atoms with E-state index in [0.29, 0.717) is 10.8 Å². The molecular weight excluding hydrogens is 232 g/mol. The summed E-state index contributed by atoms with van der Waals surface area (Å²) in [5.74, 6) is -0.429. The van der Waals surface area contributed by atoms with Crippen LogP contribution in [-0.2, 0) is 4.79 Å². The fourth-order valence-corrected chi connectivity index (χ4v) is 1.95. The van der Waals surface area contributed by atoms with Gasteiger partial charge in [-0.25, -0.2) is 9.78 Å². The van der Waals surface area contributed by atoms with Gasteiger partial charge in [-0.1, -0.05) is 11.6 Å². The molecule has 2 N–H and O–H groups in total. The van der Waals surface area contributed by atoms with Crippen molar-refractivity contribution in [2.75, 3.05) is 11.4 Å². The van der Waals surface area contributed by atoms with E-state index in [1.165, 1.54) is 6.20 Å². The molecule has 0 saturated carbocycles. The van der Waals surface area contributed by atoms with Crippen molar-refractivity contribution in [3.05, 3.63) is 23.4 Å². The van der Waals surface area contributed by atoms with Crippen molar-refractivity contribution in [2.45, 2.75) is 18.6 Å². The standard InChI is InChI=1S/C10H11ClN2O3/c11-6-1-2-9(12-4-6)13-5-7(14)3-8(13)10(15)16/h1-2,4,7-8,14H,3,5H2,(H,15,16). The molecule has 0 aromatic carbocycles. The van der Waals surface area contributed by atoms with Crippen LogP contribution in [0.5, 0.6) is 0 Å². The van der Waals surface area contributed by atoms with Crippen LogP contribution in [0.1, 0.15) is 6.42 Å². The van der Waals surface area contributed by atoms with Crippen LogP contribution in [0.3, 0.4) is 0 Å². The van der Waals surface area contributed by atoms with Gasteiger partial charge < -0.3 is 15.1 Å². The molecule has 0 aliphatic carbocycles. The predicted octanol–water partition coefficient (Wildman–Crippen LogP) is 0.759. The number of carbonyl (C=O) groups is 1. The van der Waals surface area contributed by atoms with E-state index in [2.05, 4.69) is 4.98 Å². The minimum atomic E-state index is -0.951. The van der Waals surface area contributed by atoms with Gasteiger partial charge in [0.1, 0.15) is 11.9 Å². The van der Waals surface area contributed by atoms with E-state index in [1.807, 2.05) is 0 Å². The summed E-state index contributed by atoms with van der Waals surface area (Å²) in [5.41, 5.74) is 0. The topological polar surface area (TPSA) is 73.7 Å². The van der Waals surface area contributed by atoms with Crippen molar-refractivity contribution in [2.24, 2.45) is 0 Å². The second kappa shape index (κ2) is 4.27. The summed E-state index contributed by atoms with van der Waals surface area (Å²) >= 11 is 5.70. The van der Waals surface area contributed by atoms with Gasteiger partial charge in [-0.05, 0) is 12.1 Å². The first kappa shape index (κ1) is 11.2. The average Bonchev–Trinajstić information content (AvgIpc) is 2.61. The largest absolute Gasteiger partial charge is 0.480 e. The van der Waals surface area contributed by atoms with Crippen molar-refractivity contribution in [3.63, 3.8) is 0 Å². The van der Waals surface area contributed by atoms with Gasteiger partial charge in [0.25, 0.3) is 0 Å². The highest BCUT2D eigenvalue weighted by Crippen LogP contribution is 2.24. The van der Waals surface area contributed by atoms with E-state index < -0.39 is 18.1 Å². The number of aliphatic hydroxyl groups excluding tert-OH is 1. The smallest absolute Gasteiger partial charge is 0.326 e. The second-order valence-corrected chi connectivity index (χ2v) is 4.17. The first-order valence-corrected chi connectivity index (χ1v) is 5.25. The van der Waals surface area contributed by atoms with Gasteiger partial charge in [-0.2, -0.15) is 0 Å². The minimum absolute atomic E-state index is 0.222. The maximum absolute atomic E-state index is 11.0. The molecule has 2 heterocycles. The van der Waals surface area contributed by atoms with E-state index >= 15 is 0 Å². The molecular formula is C10H11ClN2O3. The van der Waals surface area contributed by atoms with Gasteiger partial charge in [-0.15, -0.1) is 0 Å². The zero-order valence-corrected chi connectivity index (χ0v) is 9.13. The second-order valence-electron chi connectivity index (χ2n) is 3.73. The normalized spacial score (nSPS) is 24.8. The molecule has 0 bridgehead atoms. The Balaban J connectivity index is 2.25. The molecule has 1 fully saturated rings. The lowest BCUT2D eigenvalue weighted by molar-refractivity contribution is -0.138. The summed E-state index contributed by atoms with van der Waals surface area (Å²) in [5, 5.41) is 19.0. The van der Waals surface area contributed by atoms with E-state index in [9.17, 15) is 9.90 Å². The van der Waals surface area contributed by atoms with Crippen molar-refractivity contribution >= 4 is 23.4 Å². The van der Waals surface area contributed by atoms with E-state index in [0.717, 1.165) is 0 Å². The van der Waals surface area contributed by atoms with Crippen LogP contribution in [0, 0.1) is 0 Å². The third-order valence-corrected chi connectivity index (χ3v) is 2.79. The Kier molecular flexibility index (Phi) is 2.98. The summed E-state index contributed by atoms with van der Waals surface area (Å²) in [6, 6.07) is 2.58. The zero-order valence-electron chi connectivity index (χ0n) is 8.38. The number of hydrogen-bond acceptors (Lipinski definition) is 4. The molecule has 0 radical (unpaired) electrons. The number of carboxylic acids is 1. The van der Waals surface area contributed by atoms with Gasteiger partial charge in [0.2, 0.25) is 0 Å². The first-order chi connectivity index (χ1) is 7.58. The number of nitrogens with zero attached hydrogens (tertiary/aromatic N) is 2. The number of hydrogen-bond donors (Lipinski definition) is 2. The van der Waals surface area contributed by atoms with Crippen molar-refractivity contribution in [1.82, 2.24) is 4.98 Å². The Morgan fingerprint density at radius 3 is 2.88 bits per heavy atom. The lowest BCUT2D eigenvalue weighted by Gasteiger charge is -2.21. The van der Waals surface area contributed by atoms with Crippen LogP contribution < -0.4 is 4.90 Å². The van der Waals surface area contributed by atoms with E-state index in [1.54, 1.807) is 17.0 Å². The molecule has 1 aromatic rings. The van der Waals surface area contributed by atoms with Crippen LogP contribution in [0.25, 0.3) is 0 Å². The zero-order chi connectivity index (χ0) is 11.7. The molecule has 6 heteroatoms. The summed E-state index contributed by atoms with van der Waals surface area (Å²) in [6.07, 6.45) is 1.05. The Morgan fingerprint density at radius 1 is 1.56 bits per heavy atom. The summed E-state index contributed by atoms with van der Waals surface area (Å²) in [6.45, 7) is 0.283. The quantitative estimate of drug-likeness (QED) is 0.801. The molecule has 16 heavy (non-hydrogen) atoms. The van der Waals surface area contributed by atoms with Crippen molar-refractivity contribution < 1.29 is 15.0 Å². The summed E-state index contributed by atoms with van der Waals surface area (Å²) in [7, 11) is 0. The Bertz CT molecular complexity index is 396. The highest BCUT2D eigenvalue weighted by molar-refractivity contribution is 6.30. The number of halogens is 1. The van der Waals surface area contributed by atoms with Crippen LogP contribution in [0.15, 0.2) is 18.3 Å². The number of aromatic nitrogens is 1. The van der Waals surface area contributed by atoms with Crippen molar-refractivity contribution in [3.8, 4) is 0 Å². The fourth-order valence-electron chi connectivity index (χ4n) is 1.84. The van der Waals surface area contributed by atoms with Gasteiger partial charge in [-0.3, -0.25) is 0 Å². The third-order valence-electron chi connectivity index (χ3n) is 2.57. The minimum Gasteiger partial charge on any atom is -0.480 e. The molecule has 2 unspecified atom stereocenters. The Hall–Kier alpha value is -1.33. The Labute approximate surface area is 97.3 Å². The maximum Gasteiger partial charge on any atom is 0.326 e. The van der Waals surface area contributed by atoms with Crippen LogP contribution in [0.2, 0.25) is 5.02 Å². The van der Waals surface area contributed by atoms with Crippen molar-refractivity contribution in [1.29, 1.82) is 0 Å². The first-order valence-electron chi connectivity index (χ1n) is 4.87. The van der Waals surface area contributed by atoms with Gasteiger partial charge in [0, 0.05) is 19.2 Å². The molecule has 2 rings (SSSR count). The molecule has 0 spiro atoms. The average molecular weight is 243 g/mol. The van der Waals surface area contributed by atoms with Gasteiger partial charge in [0.05, 0.1) is 11.1 Å². The molecule has 1 saturated heterocycles. The van der Waals surface area contributed by atoms with Crippen LogP contribution in [-0.4, -0.2) is 39.9 Å². The molecule has 2 atom stereocenters. The molecule has 86 valence electrons. The SMILES string of the molecule is O=C(O)C1CC(O)CN1c1ccc(Cl)cn1. The van der Waals surface area contributed by atoms with E-state index in [4.69, 9.17) is 16.7 Å². The molecule has 0 amide bonds. The number of aliphatic carboxylic acids is 1.